The van der Waals surface area contributed by atoms with Gasteiger partial charge in [-0.25, -0.2) is 4.39 Å². The number of nitrogens with zero attached hydrogens (tertiary/aromatic N) is 2. The molecule has 6 heteroatoms. The molecule has 0 saturated carbocycles. The standard InChI is InChI=1S/C14H14FN3O2/c1-8(2)18(5-3-4-16)12-7-11-9(6-10(12)15)13(19)14(20)17-11/h6-8H,3,5H2,1-2H3,(H,17,19,20). The van der Waals surface area contributed by atoms with E-state index in [1.807, 2.05) is 19.9 Å². The first-order valence-corrected chi connectivity index (χ1v) is 6.28. The number of benzene rings is 1. The van der Waals surface area contributed by atoms with E-state index in [-0.39, 0.29) is 23.7 Å². The second kappa shape index (κ2) is 5.29. The van der Waals surface area contributed by atoms with E-state index in [9.17, 15) is 14.0 Å². The van der Waals surface area contributed by atoms with Crippen LogP contribution in [0.3, 0.4) is 0 Å². The Bertz CT molecular complexity index is 620. The third-order valence-electron chi connectivity index (χ3n) is 3.18. The summed E-state index contributed by atoms with van der Waals surface area (Å²) in [4.78, 5) is 24.5. The Hall–Kier alpha value is -2.42. The Morgan fingerprint density at radius 2 is 2.10 bits per heavy atom. The maximum absolute atomic E-state index is 14.2. The number of carbonyl (C=O) groups is 2. The van der Waals surface area contributed by atoms with Crippen LogP contribution in [0.5, 0.6) is 0 Å². The van der Waals surface area contributed by atoms with Gasteiger partial charge in [0.25, 0.3) is 11.7 Å². The van der Waals surface area contributed by atoms with Gasteiger partial charge in [-0.2, -0.15) is 5.26 Å². The number of Topliss-reactive ketones (excluding diaryl/α,β-unsaturated/α-hetero) is 1. The summed E-state index contributed by atoms with van der Waals surface area (Å²) in [6, 6.07) is 4.54. The fourth-order valence-electron chi connectivity index (χ4n) is 2.20. The molecule has 0 spiro atoms. The van der Waals surface area contributed by atoms with Crippen LogP contribution < -0.4 is 10.2 Å². The Kier molecular flexibility index (Phi) is 3.70. The van der Waals surface area contributed by atoms with Gasteiger partial charge in [-0.15, -0.1) is 0 Å². The highest BCUT2D eigenvalue weighted by Gasteiger charge is 2.30. The van der Waals surface area contributed by atoms with Crippen molar-refractivity contribution in [1.82, 2.24) is 0 Å². The highest BCUT2D eigenvalue weighted by Crippen LogP contribution is 2.32. The molecule has 20 heavy (non-hydrogen) atoms. The number of hydrogen-bond donors (Lipinski definition) is 1. The summed E-state index contributed by atoms with van der Waals surface area (Å²) in [6.45, 7) is 4.15. The average molecular weight is 275 g/mol. The molecule has 1 heterocycles. The van der Waals surface area contributed by atoms with E-state index in [4.69, 9.17) is 5.26 Å². The van der Waals surface area contributed by atoms with E-state index in [1.54, 1.807) is 4.90 Å². The topological polar surface area (TPSA) is 73.2 Å². The highest BCUT2D eigenvalue weighted by molar-refractivity contribution is 6.51. The molecule has 1 aromatic carbocycles. The first kappa shape index (κ1) is 14.0. The van der Waals surface area contributed by atoms with Gasteiger partial charge in [-0.05, 0) is 26.0 Å². The minimum Gasteiger partial charge on any atom is -0.366 e. The lowest BCUT2D eigenvalue weighted by Crippen LogP contribution is -2.32. The number of rotatable bonds is 4. The molecular weight excluding hydrogens is 261 g/mol. The molecule has 2 rings (SSSR count). The molecule has 104 valence electrons. The number of nitriles is 1. The fourth-order valence-corrected chi connectivity index (χ4v) is 2.20. The molecule has 0 atom stereocenters. The van der Waals surface area contributed by atoms with Crippen molar-refractivity contribution in [3.8, 4) is 6.07 Å². The van der Waals surface area contributed by atoms with Crippen molar-refractivity contribution in [2.75, 3.05) is 16.8 Å². The van der Waals surface area contributed by atoms with Crippen LogP contribution in [0, 0.1) is 17.1 Å². The molecule has 0 aliphatic carbocycles. The van der Waals surface area contributed by atoms with Gasteiger partial charge < -0.3 is 10.2 Å². The van der Waals surface area contributed by atoms with Gasteiger partial charge in [-0.3, -0.25) is 9.59 Å². The predicted octanol–water partition coefficient (Wildman–Crippen LogP) is 2.09. The van der Waals surface area contributed by atoms with Crippen molar-refractivity contribution in [3.63, 3.8) is 0 Å². The van der Waals surface area contributed by atoms with Crippen LogP contribution in [0.25, 0.3) is 0 Å². The third-order valence-corrected chi connectivity index (χ3v) is 3.18. The molecule has 1 aromatic rings. The van der Waals surface area contributed by atoms with Gasteiger partial charge in [0.2, 0.25) is 0 Å². The molecule has 0 bridgehead atoms. The molecule has 0 unspecified atom stereocenters. The van der Waals surface area contributed by atoms with Gasteiger partial charge in [0.15, 0.2) is 0 Å². The number of carbonyl (C=O) groups excluding carboxylic acids is 2. The zero-order chi connectivity index (χ0) is 14.9. The summed E-state index contributed by atoms with van der Waals surface area (Å²) in [7, 11) is 0. The quantitative estimate of drug-likeness (QED) is 0.854. The van der Waals surface area contributed by atoms with Gasteiger partial charge in [0, 0.05) is 12.6 Å². The van der Waals surface area contributed by atoms with Crippen LogP contribution in [0.15, 0.2) is 12.1 Å². The lowest BCUT2D eigenvalue weighted by Gasteiger charge is -2.28. The van der Waals surface area contributed by atoms with E-state index in [1.165, 1.54) is 6.07 Å². The van der Waals surface area contributed by atoms with Crippen molar-refractivity contribution in [2.24, 2.45) is 0 Å². The van der Waals surface area contributed by atoms with Gasteiger partial charge >= 0.3 is 0 Å². The second-order valence-electron chi connectivity index (χ2n) is 4.83. The molecule has 1 N–H and O–H groups in total. The summed E-state index contributed by atoms with van der Waals surface area (Å²) in [5, 5.41) is 11.1. The number of halogens is 1. The number of nitrogens with one attached hydrogen (secondary N) is 1. The SMILES string of the molecule is CC(C)N(CCC#N)c1cc2c(cc1F)C(=O)C(=O)N2. The van der Waals surface area contributed by atoms with Gasteiger partial charge in [0.05, 0.1) is 29.4 Å². The van der Waals surface area contributed by atoms with Crippen LogP contribution in [-0.4, -0.2) is 24.3 Å². The van der Waals surface area contributed by atoms with Gasteiger partial charge in [-0.1, -0.05) is 0 Å². The summed E-state index contributed by atoms with van der Waals surface area (Å²) in [5.74, 6) is -2.04. The second-order valence-corrected chi connectivity index (χ2v) is 4.83. The van der Waals surface area contributed by atoms with Crippen LogP contribution in [0.2, 0.25) is 0 Å². The summed E-state index contributed by atoms with van der Waals surface area (Å²) in [5.41, 5.74) is 0.656. The van der Waals surface area contributed by atoms with Crippen LogP contribution in [0.4, 0.5) is 15.8 Å². The monoisotopic (exact) mass is 275 g/mol. The normalized spacial score (nSPS) is 13.2. The number of amides is 1. The summed E-state index contributed by atoms with van der Waals surface area (Å²) >= 11 is 0. The molecule has 0 aromatic heterocycles. The lowest BCUT2D eigenvalue weighted by molar-refractivity contribution is -0.112. The van der Waals surface area contributed by atoms with Crippen molar-refractivity contribution in [2.45, 2.75) is 26.3 Å². The van der Waals surface area contributed by atoms with Crippen LogP contribution in [-0.2, 0) is 4.79 Å². The van der Waals surface area contributed by atoms with Crippen LogP contribution >= 0.6 is 0 Å². The maximum atomic E-state index is 14.2. The van der Waals surface area contributed by atoms with E-state index in [0.717, 1.165) is 6.07 Å². The lowest BCUT2D eigenvalue weighted by atomic mass is 10.1. The summed E-state index contributed by atoms with van der Waals surface area (Å²) < 4.78 is 14.2. The Morgan fingerprint density at radius 3 is 2.70 bits per heavy atom. The number of ketones is 1. The zero-order valence-electron chi connectivity index (χ0n) is 11.2. The van der Waals surface area contributed by atoms with Crippen molar-refractivity contribution >= 4 is 23.1 Å². The highest BCUT2D eigenvalue weighted by atomic mass is 19.1. The minimum absolute atomic E-state index is 0.0105. The van der Waals surface area contributed by atoms with Crippen molar-refractivity contribution in [1.29, 1.82) is 5.26 Å². The van der Waals surface area contributed by atoms with Gasteiger partial charge in [0.1, 0.15) is 5.82 Å². The first-order valence-electron chi connectivity index (χ1n) is 6.28. The predicted molar refractivity (Wildman–Crippen MR) is 72.1 cm³/mol. The molecule has 0 radical (unpaired) electrons. The average Bonchev–Trinajstić information content (AvgIpc) is 2.66. The maximum Gasteiger partial charge on any atom is 0.296 e. The van der Waals surface area contributed by atoms with E-state index in [2.05, 4.69) is 5.32 Å². The minimum atomic E-state index is -0.746. The molecule has 1 amide bonds. The number of anilines is 2. The van der Waals surface area contributed by atoms with Crippen molar-refractivity contribution in [3.05, 3.63) is 23.5 Å². The molecule has 1 aliphatic rings. The van der Waals surface area contributed by atoms with Crippen molar-refractivity contribution < 1.29 is 14.0 Å². The molecule has 1 aliphatic heterocycles. The molecule has 5 nitrogen and oxygen atoms in total. The van der Waals surface area contributed by atoms with E-state index < -0.39 is 17.5 Å². The molecule has 0 saturated heterocycles. The molecular formula is C14H14FN3O2. The Morgan fingerprint density at radius 1 is 1.40 bits per heavy atom. The fraction of sp³-hybridized carbons (Fsp3) is 0.357. The smallest absolute Gasteiger partial charge is 0.296 e. The first-order chi connectivity index (χ1) is 9.45. The Labute approximate surface area is 116 Å². The van der Waals surface area contributed by atoms with E-state index in [0.29, 0.717) is 12.2 Å². The molecule has 0 fully saturated rings. The Balaban J connectivity index is 2.43. The largest absolute Gasteiger partial charge is 0.366 e. The summed E-state index contributed by atoms with van der Waals surface area (Å²) in [6.07, 6.45) is 0.264. The third kappa shape index (κ3) is 2.35. The van der Waals surface area contributed by atoms with E-state index >= 15 is 0 Å². The number of fused-ring (bicyclic) bond motifs is 1. The van der Waals surface area contributed by atoms with Crippen LogP contribution in [0.1, 0.15) is 30.6 Å². The number of hydrogen-bond acceptors (Lipinski definition) is 4. The zero-order valence-corrected chi connectivity index (χ0v) is 11.2.